The molecule has 0 aliphatic carbocycles. The summed E-state index contributed by atoms with van der Waals surface area (Å²) in [4.78, 5) is 2.42. The maximum absolute atomic E-state index is 6.58. The second-order valence-corrected chi connectivity index (χ2v) is 7.07. The normalized spacial score (nSPS) is 10.7. The Morgan fingerprint density at radius 1 is 1.08 bits per heavy atom. The molecule has 0 amide bonds. The van der Waals surface area contributed by atoms with Gasteiger partial charge in [0.05, 0.1) is 0 Å². The molecule has 140 valence electrons. The van der Waals surface area contributed by atoms with Crippen molar-refractivity contribution in [1.82, 2.24) is 0 Å². The number of rotatable bonds is 10. The molecule has 0 aliphatic heterocycles. The van der Waals surface area contributed by atoms with Gasteiger partial charge in [-0.25, -0.2) is 0 Å². The average molecular weight is 351 g/mol. The Labute approximate surface area is 159 Å². The van der Waals surface area contributed by atoms with Crippen LogP contribution in [0.25, 0.3) is 0 Å². The van der Waals surface area contributed by atoms with Crippen LogP contribution in [0.5, 0.6) is 0 Å². The second kappa shape index (κ2) is 10.1. The summed E-state index contributed by atoms with van der Waals surface area (Å²) in [6, 6.07) is 12.8. The summed E-state index contributed by atoms with van der Waals surface area (Å²) in [6.45, 7) is 12.6. The number of nitrogen functional groups attached to an aromatic ring is 1. The Morgan fingerprint density at radius 3 is 2.42 bits per heavy atom. The quantitative estimate of drug-likeness (QED) is 0.426. The Hall–Kier alpha value is -2.22. The summed E-state index contributed by atoms with van der Waals surface area (Å²) in [5.41, 5.74) is 14.2. The minimum absolute atomic E-state index is 0.865. The fraction of sp³-hybridized carbons (Fsp3) is 0.417. The van der Waals surface area contributed by atoms with Crippen molar-refractivity contribution in [1.29, 1.82) is 0 Å². The molecule has 0 aromatic heterocycles. The van der Waals surface area contributed by atoms with Crippen LogP contribution in [0.1, 0.15) is 55.4 Å². The van der Waals surface area contributed by atoms with Gasteiger partial charge in [0, 0.05) is 24.5 Å². The van der Waals surface area contributed by atoms with Crippen LogP contribution >= 0.6 is 0 Å². The Morgan fingerprint density at radius 2 is 1.81 bits per heavy atom. The third-order valence-corrected chi connectivity index (χ3v) is 5.04. The zero-order valence-electron chi connectivity index (χ0n) is 16.7. The number of unbranched alkanes of at least 4 members (excludes halogenated alkanes) is 1. The second-order valence-electron chi connectivity index (χ2n) is 7.07. The minimum Gasteiger partial charge on any atom is -0.398 e. The number of anilines is 2. The molecule has 2 aromatic carbocycles. The highest BCUT2D eigenvalue weighted by Gasteiger charge is 2.17. The lowest BCUT2D eigenvalue weighted by Crippen LogP contribution is -2.26. The summed E-state index contributed by atoms with van der Waals surface area (Å²) in [5.74, 6) is 0. The predicted molar refractivity (Wildman–Crippen MR) is 116 cm³/mol. The molecule has 0 spiro atoms. The molecule has 2 rings (SSSR count). The highest BCUT2D eigenvalue weighted by molar-refractivity contribution is 5.69. The lowest BCUT2D eigenvalue weighted by Gasteiger charge is -2.28. The van der Waals surface area contributed by atoms with E-state index in [-0.39, 0.29) is 0 Å². The molecule has 0 fully saturated rings. The molecular formula is C24H34N2. The summed E-state index contributed by atoms with van der Waals surface area (Å²) in [6.07, 6.45) is 7.46. The Bertz CT molecular complexity index is 704. The van der Waals surface area contributed by atoms with Crippen molar-refractivity contribution in [3.05, 3.63) is 71.3 Å². The van der Waals surface area contributed by atoms with Crippen molar-refractivity contribution in [2.45, 2.75) is 52.9 Å². The first-order valence-corrected chi connectivity index (χ1v) is 9.92. The van der Waals surface area contributed by atoms with E-state index in [1.807, 2.05) is 6.08 Å². The van der Waals surface area contributed by atoms with Crippen molar-refractivity contribution in [2.24, 2.45) is 0 Å². The fourth-order valence-electron chi connectivity index (χ4n) is 3.64. The summed E-state index contributed by atoms with van der Waals surface area (Å²) in [5, 5.41) is 0. The molecule has 0 atom stereocenters. The van der Waals surface area contributed by atoms with E-state index in [1.165, 1.54) is 40.8 Å². The molecule has 26 heavy (non-hydrogen) atoms. The number of nitrogens with zero attached hydrogens (tertiary/aromatic N) is 1. The zero-order chi connectivity index (χ0) is 18.9. The van der Waals surface area contributed by atoms with E-state index in [2.05, 4.69) is 68.6 Å². The number of hydrogen-bond acceptors (Lipinski definition) is 2. The van der Waals surface area contributed by atoms with Gasteiger partial charge in [-0.2, -0.15) is 0 Å². The van der Waals surface area contributed by atoms with E-state index < -0.39 is 0 Å². The smallest absolute Gasteiger partial charge is 0.0422 e. The molecule has 0 aliphatic rings. The molecule has 2 nitrogen and oxygen atoms in total. The van der Waals surface area contributed by atoms with Crippen LogP contribution in [0.15, 0.2) is 49.1 Å². The van der Waals surface area contributed by atoms with Gasteiger partial charge >= 0.3 is 0 Å². The van der Waals surface area contributed by atoms with E-state index in [1.54, 1.807) is 0 Å². The topological polar surface area (TPSA) is 29.3 Å². The standard InChI is InChI=1S/C24H34N2/c1-5-8-16-26(15-7-3)24-18-23(25)22(21(12-6-2)19(24)4)17-20-13-10-9-11-14-20/h7,9-11,13-14,18H,3,5-6,8,12,15-17,25H2,1-2,4H3. The Balaban J connectivity index is 2.47. The van der Waals surface area contributed by atoms with Gasteiger partial charge in [-0.3, -0.25) is 0 Å². The SMILES string of the molecule is C=CCN(CCCC)c1cc(N)c(Cc2ccccc2)c(CCC)c1C. The predicted octanol–water partition coefficient (Wildman–Crippen LogP) is 5.91. The van der Waals surface area contributed by atoms with Crippen molar-refractivity contribution >= 4 is 11.4 Å². The van der Waals surface area contributed by atoms with E-state index >= 15 is 0 Å². The van der Waals surface area contributed by atoms with Crippen LogP contribution in [0.2, 0.25) is 0 Å². The molecule has 2 N–H and O–H groups in total. The van der Waals surface area contributed by atoms with E-state index in [0.29, 0.717) is 0 Å². The van der Waals surface area contributed by atoms with Gasteiger partial charge in [0.25, 0.3) is 0 Å². The van der Waals surface area contributed by atoms with Gasteiger partial charge in [0.1, 0.15) is 0 Å². The molecule has 0 bridgehead atoms. The van der Waals surface area contributed by atoms with Crippen LogP contribution in [0.3, 0.4) is 0 Å². The Kier molecular flexibility index (Phi) is 7.77. The van der Waals surface area contributed by atoms with Crippen LogP contribution in [-0.4, -0.2) is 13.1 Å². The fourth-order valence-corrected chi connectivity index (χ4v) is 3.64. The van der Waals surface area contributed by atoms with Gasteiger partial charge in [-0.15, -0.1) is 6.58 Å². The van der Waals surface area contributed by atoms with Crippen molar-refractivity contribution in [2.75, 3.05) is 23.7 Å². The molecule has 0 saturated heterocycles. The third kappa shape index (κ3) is 4.91. The molecule has 2 aromatic rings. The van der Waals surface area contributed by atoms with Crippen LogP contribution in [0, 0.1) is 6.92 Å². The molecule has 0 saturated carbocycles. The number of hydrogen-bond donors (Lipinski definition) is 1. The maximum Gasteiger partial charge on any atom is 0.0422 e. The van der Waals surface area contributed by atoms with Crippen LogP contribution in [0.4, 0.5) is 11.4 Å². The van der Waals surface area contributed by atoms with Gasteiger partial charge in [-0.05, 0) is 54.5 Å². The monoisotopic (exact) mass is 350 g/mol. The third-order valence-electron chi connectivity index (χ3n) is 5.04. The molecule has 0 unspecified atom stereocenters. The van der Waals surface area contributed by atoms with Crippen molar-refractivity contribution < 1.29 is 0 Å². The highest BCUT2D eigenvalue weighted by Crippen LogP contribution is 2.33. The first-order valence-electron chi connectivity index (χ1n) is 9.92. The van der Waals surface area contributed by atoms with E-state index in [0.717, 1.165) is 38.0 Å². The lowest BCUT2D eigenvalue weighted by atomic mass is 9.90. The number of nitrogens with two attached hydrogens (primary N) is 1. The zero-order valence-corrected chi connectivity index (χ0v) is 16.7. The minimum atomic E-state index is 0.865. The maximum atomic E-state index is 6.58. The first kappa shape index (κ1) is 20.1. The summed E-state index contributed by atoms with van der Waals surface area (Å²) < 4.78 is 0. The lowest BCUT2D eigenvalue weighted by molar-refractivity contribution is 0.743. The summed E-state index contributed by atoms with van der Waals surface area (Å²) >= 11 is 0. The van der Waals surface area contributed by atoms with E-state index in [9.17, 15) is 0 Å². The highest BCUT2D eigenvalue weighted by atomic mass is 15.1. The van der Waals surface area contributed by atoms with Crippen LogP contribution < -0.4 is 10.6 Å². The van der Waals surface area contributed by atoms with Gasteiger partial charge in [-0.1, -0.05) is 63.1 Å². The van der Waals surface area contributed by atoms with Crippen molar-refractivity contribution in [3.8, 4) is 0 Å². The molecular weight excluding hydrogens is 316 g/mol. The first-order chi connectivity index (χ1) is 12.6. The average Bonchev–Trinajstić information content (AvgIpc) is 2.65. The van der Waals surface area contributed by atoms with Crippen LogP contribution in [-0.2, 0) is 12.8 Å². The largest absolute Gasteiger partial charge is 0.398 e. The van der Waals surface area contributed by atoms with Gasteiger partial charge in [0.2, 0.25) is 0 Å². The molecule has 0 radical (unpaired) electrons. The van der Waals surface area contributed by atoms with Crippen molar-refractivity contribution in [3.63, 3.8) is 0 Å². The van der Waals surface area contributed by atoms with Gasteiger partial charge in [0.15, 0.2) is 0 Å². The summed E-state index contributed by atoms with van der Waals surface area (Å²) in [7, 11) is 0. The molecule has 0 heterocycles. The number of benzene rings is 2. The van der Waals surface area contributed by atoms with E-state index in [4.69, 9.17) is 5.73 Å². The van der Waals surface area contributed by atoms with Gasteiger partial charge < -0.3 is 10.6 Å². The molecule has 2 heteroatoms.